The Morgan fingerprint density at radius 2 is 1.73 bits per heavy atom. The zero-order chi connectivity index (χ0) is 30.1. The van der Waals surface area contributed by atoms with Crippen molar-refractivity contribution in [3.63, 3.8) is 0 Å². The van der Waals surface area contributed by atoms with Gasteiger partial charge in [-0.25, -0.2) is 5.01 Å². The van der Waals surface area contributed by atoms with E-state index in [9.17, 15) is 24.3 Å². The molecule has 1 aromatic rings. The number of hydrazone groups is 1. The van der Waals surface area contributed by atoms with Crippen LogP contribution in [0.1, 0.15) is 85.6 Å². The Kier molecular flexibility index (Phi) is 8.85. The fraction of sp³-hybridized carbons (Fsp3) is 0.531. The monoisotopic (exact) mass is 562 g/mol. The van der Waals surface area contributed by atoms with Crippen molar-refractivity contribution >= 4 is 46.0 Å². The van der Waals surface area contributed by atoms with Crippen LogP contribution in [0.4, 0.5) is 11.4 Å². The molecular formula is C32H42N4O5. The number of hydrogen-bond acceptors (Lipinski definition) is 7. The highest BCUT2D eigenvalue weighted by atomic mass is 16.3. The lowest BCUT2D eigenvalue weighted by atomic mass is 9.79. The molecule has 2 N–H and O–H groups in total. The van der Waals surface area contributed by atoms with Crippen molar-refractivity contribution in [3.8, 4) is 0 Å². The molecule has 3 aliphatic rings. The minimum atomic E-state index is -0.637. The second kappa shape index (κ2) is 12.0. The second-order valence-corrected chi connectivity index (χ2v) is 11.7. The van der Waals surface area contributed by atoms with E-state index >= 15 is 0 Å². The number of anilines is 2. The summed E-state index contributed by atoms with van der Waals surface area (Å²) in [6, 6.07) is 5.41. The molecule has 2 amide bonds. The number of benzene rings is 1. The van der Waals surface area contributed by atoms with E-state index in [-0.39, 0.29) is 53.1 Å². The zero-order valence-corrected chi connectivity index (χ0v) is 25.1. The predicted octanol–water partition coefficient (Wildman–Crippen LogP) is 5.42. The molecule has 0 aromatic heterocycles. The van der Waals surface area contributed by atoms with Gasteiger partial charge in [-0.05, 0) is 58.2 Å². The first-order valence-electron chi connectivity index (χ1n) is 14.8. The number of nitrogens with zero attached hydrogens (tertiary/aromatic N) is 3. The molecule has 220 valence electrons. The van der Waals surface area contributed by atoms with Gasteiger partial charge in [0.05, 0.1) is 34.7 Å². The third-order valence-corrected chi connectivity index (χ3v) is 8.79. The van der Waals surface area contributed by atoms with Gasteiger partial charge in [0, 0.05) is 42.1 Å². The molecule has 0 unspecified atom stereocenters. The summed E-state index contributed by atoms with van der Waals surface area (Å²) in [5.41, 5.74) is 1.43. The first-order chi connectivity index (χ1) is 19.4. The van der Waals surface area contributed by atoms with Gasteiger partial charge in [-0.15, -0.1) is 0 Å². The normalized spacial score (nSPS) is 19.6. The number of aliphatic hydroxyl groups excluding tert-OH is 1. The number of Topliss-reactive ketones (excluding diaryl/α,β-unsaturated/α-hetero) is 2. The summed E-state index contributed by atoms with van der Waals surface area (Å²) >= 11 is 0. The van der Waals surface area contributed by atoms with Crippen LogP contribution in [-0.2, 0) is 19.2 Å². The molecule has 1 saturated carbocycles. The van der Waals surface area contributed by atoms with Gasteiger partial charge < -0.3 is 15.3 Å². The summed E-state index contributed by atoms with van der Waals surface area (Å²) in [6.07, 6.45) is 4.75. The lowest BCUT2D eigenvalue weighted by Crippen LogP contribution is -2.32. The van der Waals surface area contributed by atoms with Crippen LogP contribution in [0.25, 0.3) is 5.57 Å². The maximum atomic E-state index is 13.5. The van der Waals surface area contributed by atoms with Crippen molar-refractivity contribution in [1.29, 1.82) is 0 Å². The Morgan fingerprint density at radius 3 is 2.32 bits per heavy atom. The molecular weight excluding hydrogens is 520 g/mol. The van der Waals surface area contributed by atoms with Crippen molar-refractivity contribution in [2.75, 3.05) is 29.9 Å². The molecule has 0 radical (unpaired) electrons. The van der Waals surface area contributed by atoms with Crippen LogP contribution in [-0.4, -0.2) is 58.8 Å². The molecule has 0 spiro atoms. The number of rotatable bonds is 11. The molecule has 1 fully saturated rings. The standard InChI is InChI=1S/C32H42N4O5/c1-7-32(5,6)31(41)33-23-18-21(35(8-2)9-3)14-15-22(23)26-28(38)27(29(26)39)25-19(4)34-36(30(25)40)17-16-24(37)20-12-10-11-13-20/h14-15,18,20,38H,7-13,16-17H2,1-6H3,(H,33,41)/b27-25-. The average molecular weight is 563 g/mol. The SMILES string of the molecule is CCN(CC)c1ccc(C2=C(O)/C(=C3/C(=O)N(CCC(=O)C4CCCC4)N=C3C)C2=O)c(NC(=O)C(C)(C)CC)c1. The number of carbonyl (C=O) groups excluding carboxylic acids is 4. The summed E-state index contributed by atoms with van der Waals surface area (Å²) in [5.74, 6) is -1.26. The molecule has 1 heterocycles. The van der Waals surface area contributed by atoms with Crippen LogP contribution in [0.5, 0.6) is 0 Å². The van der Waals surface area contributed by atoms with Gasteiger partial charge in [0.1, 0.15) is 11.5 Å². The highest BCUT2D eigenvalue weighted by molar-refractivity contribution is 6.44. The van der Waals surface area contributed by atoms with Gasteiger partial charge >= 0.3 is 0 Å². The summed E-state index contributed by atoms with van der Waals surface area (Å²) in [5, 5.41) is 19.7. The van der Waals surface area contributed by atoms with Crippen LogP contribution in [0, 0.1) is 11.3 Å². The third-order valence-electron chi connectivity index (χ3n) is 8.79. The lowest BCUT2D eigenvalue weighted by molar-refractivity contribution is -0.128. The Morgan fingerprint density at radius 1 is 1.07 bits per heavy atom. The molecule has 0 bridgehead atoms. The number of amides is 2. The molecule has 2 aliphatic carbocycles. The van der Waals surface area contributed by atoms with Crippen LogP contribution in [0.15, 0.2) is 40.2 Å². The van der Waals surface area contributed by atoms with Crippen LogP contribution in [0.2, 0.25) is 0 Å². The van der Waals surface area contributed by atoms with Gasteiger partial charge in [0.15, 0.2) is 0 Å². The van der Waals surface area contributed by atoms with Gasteiger partial charge in [-0.1, -0.05) is 33.6 Å². The summed E-state index contributed by atoms with van der Waals surface area (Å²) in [7, 11) is 0. The van der Waals surface area contributed by atoms with E-state index in [2.05, 4.69) is 15.3 Å². The van der Waals surface area contributed by atoms with Crippen molar-refractivity contribution in [1.82, 2.24) is 5.01 Å². The third kappa shape index (κ3) is 5.72. The fourth-order valence-corrected chi connectivity index (χ4v) is 5.64. The van der Waals surface area contributed by atoms with Gasteiger partial charge in [0.2, 0.25) is 11.7 Å². The smallest absolute Gasteiger partial charge is 0.276 e. The topological polar surface area (TPSA) is 119 Å². The molecule has 1 aromatic carbocycles. The Balaban J connectivity index is 1.65. The van der Waals surface area contributed by atoms with Crippen molar-refractivity contribution in [3.05, 3.63) is 40.7 Å². The number of hydrogen-bond donors (Lipinski definition) is 2. The summed E-state index contributed by atoms with van der Waals surface area (Å²) in [6.45, 7) is 13.0. The second-order valence-electron chi connectivity index (χ2n) is 11.7. The van der Waals surface area contributed by atoms with E-state index in [1.807, 2.05) is 46.8 Å². The quantitative estimate of drug-likeness (QED) is 0.348. The van der Waals surface area contributed by atoms with Crippen molar-refractivity contribution in [2.24, 2.45) is 16.4 Å². The lowest BCUT2D eigenvalue weighted by Gasteiger charge is -2.28. The number of ketones is 2. The molecule has 9 heteroatoms. The number of carbonyl (C=O) groups is 4. The van der Waals surface area contributed by atoms with E-state index in [4.69, 9.17) is 0 Å². The summed E-state index contributed by atoms with van der Waals surface area (Å²) in [4.78, 5) is 54.6. The van der Waals surface area contributed by atoms with Crippen LogP contribution in [0.3, 0.4) is 0 Å². The predicted molar refractivity (Wildman–Crippen MR) is 161 cm³/mol. The number of aliphatic hydroxyl groups is 1. The Bertz CT molecular complexity index is 1360. The maximum absolute atomic E-state index is 13.5. The minimum absolute atomic E-state index is 0.0543. The minimum Gasteiger partial charge on any atom is -0.506 e. The molecule has 9 nitrogen and oxygen atoms in total. The van der Waals surface area contributed by atoms with Gasteiger partial charge in [0.25, 0.3) is 5.91 Å². The molecule has 0 saturated heterocycles. The highest BCUT2D eigenvalue weighted by Crippen LogP contribution is 2.43. The molecule has 1 aliphatic heterocycles. The van der Waals surface area contributed by atoms with Crippen molar-refractivity contribution < 1.29 is 24.3 Å². The molecule has 41 heavy (non-hydrogen) atoms. The fourth-order valence-electron chi connectivity index (χ4n) is 5.64. The maximum Gasteiger partial charge on any atom is 0.276 e. The summed E-state index contributed by atoms with van der Waals surface area (Å²) < 4.78 is 0. The van der Waals surface area contributed by atoms with E-state index in [1.54, 1.807) is 13.0 Å². The van der Waals surface area contributed by atoms with Crippen LogP contribution >= 0.6 is 0 Å². The van der Waals surface area contributed by atoms with E-state index in [0.717, 1.165) is 44.5 Å². The van der Waals surface area contributed by atoms with Gasteiger partial charge in [-0.2, -0.15) is 5.10 Å². The number of nitrogens with one attached hydrogen (secondary N) is 1. The van der Waals surface area contributed by atoms with E-state index in [0.29, 0.717) is 23.4 Å². The largest absolute Gasteiger partial charge is 0.506 e. The Hall–Kier alpha value is -3.75. The zero-order valence-electron chi connectivity index (χ0n) is 25.1. The highest BCUT2D eigenvalue weighted by Gasteiger charge is 2.44. The van der Waals surface area contributed by atoms with Crippen molar-refractivity contribution in [2.45, 2.75) is 80.1 Å². The first-order valence-corrected chi connectivity index (χ1v) is 14.8. The van der Waals surface area contributed by atoms with Gasteiger partial charge in [-0.3, -0.25) is 19.2 Å². The average Bonchev–Trinajstić information content (AvgIpc) is 3.58. The Labute approximate surface area is 242 Å². The van der Waals surface area contributed by atoms with Crippen LogP contribution < -0.4 is 10.2 Å². The number of allylic oxidation sites excluding steroid dienone is 2. The molecule has 4 rings (SSSR count). The van der Waals surface area contributed by atoms with E-state index in [1.165, 1.54) is 5.01 Å². The van der Waals surface area contributed by atoms with E-state index < -0.39 is 17.1 Å². The first kappa shape index (κ1) is 30.2. The molecule has 0 atom stereocenters.